The lowest BCUT2D eigenvalue weighted by molar-refractivity contribution is -0.132. The summed E-state index contributed by atoms with van der Waals surface area (Å²) >= 11 is 6.06. The first-order chi connectivity index (χ1) is 14.2. The van der Waals surface area contributed by atoms with Crippen molar-refractivity contribution in [3.8, 4) is 5.75 Å². The summed E-state index contributed by atoms with van der Waals surface area (Å²) in [5, 5.41) is -0.0802. The summed E-state index contributed by atoms with van der Waals surface area (Å²) in [5.74, 6) is -0.940. The molecule has 1 unspecified atom stereocenters. The van der Waals surface area contributed by atoms with Gasteiger partial charge in [-0.25, -0.2) is 8.42 Å². The van der Waals surface area contributed by atoms with Crippen LogP contribution >= 0.6 is 11.6 Å². The minimum Gasteiger partial charge on any atom is -0.495 e. The normalized spacial score (nSPS) is 12.0. The van der Waals surface area contributed by atoms with E-state index < -0.39 is 27.9 Å². The minimum absolute atomic E-state index is 0.0226. The van der Waals surface area contributed by atoms with Crippen LogP contribution in [0.1, 0.15) is 23.7 Å². The third kappa shape index (κ3) is 5.62. The fraction of sp³-hybridized carbons (Fsp3) is 0.263. The van der Waals surface area contributed by atoms with Gasteiger partial charge < -0.3 is 9.47 Å². The largest absolute Gasteiger partial charge is 0.495 e. The summed E-state index contributed by atoms with van der Waals surface area (Å²) in [6.45, 7) is 1.75. The summed E-state index contributed by atoms with van der Waals surface area (Å²) in [4.78, 5) is 23.9. The number of halogens is 1. The Labute approximate surface area is 179 Å². The first-order valence-corrected chi connectivity index (χ1v) is 10.7. The molecule has 2 amide bonds. The van der Waals surface area contributed by atoms with E-state index in [1.807, 2.05) is 0 Å². The standard InChI is InChI=1S/C19H22ClN3O6S/c1-4-15(28-2)19(25)22-21-18(24)12-9-10-13(20)17(11-12)30(26,27)23-14-7-5-6-8-16(14)29-3/h5-11,15,23H,4H2,1-3H3,(H,21,24)(H,22,25). The molecule has 9 nitrogen and oxygen atoms in total. The van der Waals surface area contributed by atoms with Crippen molar-refractivity contribution in [3.63, 3.8) is 0 Å². The molecule has 2 rings (SSSR count). The molecule has 0 fully saturated rings. The number of para-hydroxylation sites is 2. The maximum Gasteiger partial charge on any atom is 0.269 e. The van der Waals surface area contributed by atoms with Crippen molar-refractivity contribution in [1.29, 1.82) is 0 Å². The fourth-order valence-corrected chi connectivity index (χ4v) is 4.11. The molecule has 11 heteroatoms. The first-order valence-electron chi connectivity index (χ1n) is 8.81. The molecule has 0 saturated carbocycles. The second kappa shape index (κ2) is 10.3. The highest BCUT2D eigenvalue weighted by atomic mass is 35.5. The lowest BCUT2D eigenvalue weighted by Gasteiger charge is -2.15. The average Bonchev–Trinajstić information content (AvgIpc) is 2.73. The number of methoxy groups -OCH3 is 2. The van der Waals surface area contributed by atoms with Gasteiger partial charge in [0.05, 0.1) is 17.8 Å². The first kappa shape index (κ1) is 23.5. The van der Waals surface area contributed by atoms with Crippen molar-refractivity contribution in [2.24, 2.45) is 0 Å². The van der Waals surface area contributed by atoms with Crippen molar-refractivity contribution in [1.82, 2.24) is 10.9 Å². The van der Waals surface area contributed by atoms with E-state index in [1.165, 1.54) is 32.4 Å². The van der Waals surface area contributed by atoms with Gasteiger partial charge in [0.15, 0.2) is 0 Å². The van der Waals surface area contributed by atoms with Gasteiger partial charge in [-0.15, -0.1) is 0 Å². The molecule has 162 valence electrons. The van der Waals surface area contributed by atoms with Gasteiger partial charge in [0.25, 0.3) is 21.8 Å². The van der Waals surface area contributed by atoms with Crippen LogP contribution in [-0.2, 0) is 19.6 Å². The Kier molecular flexibility index (Phi) is 8.04. The van der Waals surface area contributed by atoms with Crippen LogP contribution in [0.4, 0.5) is 5.69 Å². The van der Waals surface area contributed by atoms with Crippen LogP contribution in [0.2, 0.25) is 5.02 Å². The summed E-state index contributed by atoms with van der Waals surface area (Å²) in [6.07, 6.45) is -0.313. The fourth-order valence-electron chi connectivity index (χ4n) is 2.51. The van der Waals surface area contributed by atoms with E-state index in [2.05, 4.69) is 15.6 Å². The molecule has 0 radical (unpaired) electrons. The summed E-state index contributed by atoms with van der Waals surface area (Å²) in [6, 6.07) is 10.2. The van der Waals surface area contributed by atoms with E-state index in [9.17, 15) is 18.0 Å². The van der Waals surface area contributed by atoms with E-state index in [4.69, 9.17) is 21.1 Å². The second-order valence-corrected chi connectivity index (χ2v) is 8.08. The van der Waals surface area contributed by atoms with E-state index in [0.717, 1.165) is 6.07 Å². The van der Waals surface area contributed by atoms with Crippen LogP contribution in [-0.4, -0.2) is 40.6 Å². The molecule has 2 aromatic carbocycles. The number of benzene rings is 2. The minimum atomic E-state index is -4.13. The van der Waals surface area contributed by atoms with Crippen molar-refractivity contribution in [2.75, 3.05) is 18.9 Å². The number of hydrogen-bond acceptors (Lipinski definition) is 6. The van der Waals surface area contributed by atoms with Crippen LogP contribution in [0.5, 0.6) is 5.75 Å². The molecule has 0 heterocycles. The molecule has 0 aromatic heterocycles. The third-order valence-corrected chi connectivity index (χ3v) is 5.93. The molecular weight excluding hydrogens is 434 g/mol. The molecule has 2 aromatic rings. The highest BCUT2D eigenvalue weighted by Crippen LogP contribution is 2.29. The van der Waals surface area contributed by atoms with Crippen molar-refractivity contribution in [2.45, 2.75) is 24.3 Å². The van der Waals surface area contributed by atoms with Crippen LogP contribution in [0.25, 0.3) is 0 Å². The predicted octanol–water partition coefficient (Wildman–Crippen LogP) is 2.34. The number of carbonyl (C=O) groups excluding carboxylic acids is 2. The number of ether oxygens (including phenoxy) is 2. The molecule has 3 N–H and O–H groups in total. The van der Waals surface area contributed by atoms with Gasteiger partial charge in [-0.05, 0) is 36.8 Å². The summed E-state index contributed by atoms with van der Waals surface area (Å²) < 4.78 is 38.2. The summed E-state index contributed by atoms with van der Waals surface area (Å²) in [5.41, 5.74) is 4.64. The SMILES string of the molecule is CCC(OC)C(=O)NNC(=O)c1ccc(Cl)c(S(=O)(=O)Nc2ccccc2OC)c1. The predicted molar refractivity (Wildman–Crippen MR) is 112 cm³/mol. The Morgan fingerprint density at radius 1 is 1.10 bits per heavy atom. The number of hydrazine groups is 1. The lowest BCUT2D eigenvalue weighted by Crippen LogP contribution is -2.46. The molecule has 0 saturated heterocycles. The maximum atomic E-state index is 12.8. The number of anilines is 1. The zero-order chi connectivity index (χ0) is 22.3. The van der Waals surface area contributed by atoms with Crippen LogP contribution < -0.4 is 20.3 Å². The average molecular weight is 456 g/mol. The van der Waals surface area contributed by atoms with Gasteiger partial charge in [0.2, 0.25) is 0 Å². The van der Waals surface area contributed by atoms with Crippen LogP contribution in [0.15, 0.2) is 47.4 Å². The molecule has 0 spiro atoms. The van der Waals surface area contributed by atoms with E-state index >= 15 is 0 Å². The van der Waals surface area contributed by atoms with Gasteiger partial charge in [-0.2, -0.15) is 0 Å². The van der Waals surface area contributed by atoms with Gasteiger partial charge in [-0.1, -0.05) is 30.7 Å². The molecule has 0 bridgehead atoms. The van der Waals surface area contributed by atoms with Gasteiger partial charge in [0, 0.05) is 12.7 Å². The molecule has 0 aliphatic heterocycles. The Hall–Kier alpha value is -2.82. The van der Waals surface area contributed by atoms with Crippen molar-refractivity contribution in [3.05, 3.63) is 53.1 Å². The molecular formula is C19H22ClN3O6S. The lowest BCUT2D eigenvalue weighted by atomic mass is 10.2. The molecule has 1 atom stereocenters. The number of hydrogen-bond donors (Lipinski definition) is 3. The number of carbonyl (C=O) groups is 2. The Balaban J connectivity index is 2.23. The van der Waals surface area contributed by atoms with Crippen LogP contribution in [0.3, 0.4) is 0 Å². The Morgan fingerprint density at radius 3 is 2.43 bits per heavy atom. The van der Waals surface area contributed by atoms with Crippen molar-refractivity contribution < 1.29 is 27.5 Å². The van der Waals surface area contributed by atoms with Crippen molar-refractivity contribution >= 4 is 39.1 Å². The molecule has 30 heavy (non-hydrogen) atoms. The zero-order valence-corrected chi connectivity index (χ0v) is 18.1. The molecule has 0 aliphatic carbocycles. The number of nitrogens with one attached hydrogen (secondary N) is 3. The smallest absolute Gasteiger partial charge is 0.269 e. The van der Waals surface area contributed by atoms with Gasteiger partial charge in [0.1, 0.15) is 16.7 Å². The maximum absolute atomic E-state index is 12.8. The third-order valence-electron chi connectivity index (χ3n) is 4.08. The van der Waals surface area contributed by atoms with E-state index in [1.54, 1.807) is 25.1 Å². The second-order valence-electron chi connectivity index (χ2n) is 6.03. The quantitative estimate of drug-likeness (QED) is 0.525. The van der Waals surface area contributed by atoms with Gasteiger partial charge >= 0.3 is 0 Å². The van der Waals surface area contributed by atoms with E-state index in [-0.39, 0.29) is 21.2 Å². The summed E-state index contributed by atoms with van der Waals surface area (Å²) in [7, 11) is -1.35. The monoisotopic (exact) mass is 455 g/mol. The Morgan fingerprint density at radius 2 is 1.80 bits per heavy atom. The Bertz CT molecular complexity index is 1020. The number of amides is 2. The highest BCUT2D eigenvalue weighted by Gasteiger charge is 2.22. The number of sulfonamides is 1. The highest BCUT2D eigenvalue weighted by molar-refractivity contribution is 7.92. The van der Waals surface area contributed by atoms with E-state index in [0.29, 0.717) is 12.2 Å². The molecule has 0 aliphatic rings. The zero-order valence-electron chi connectivity index (χ0n) is 16.6. The van der Waals surface area contributed by atoms with Crippen LogP contribution in [0, 0.1) is 0 Å². The van der Waals surface area contributed by atoms with Gasteiger partial charge in [-0.3, -0.25) is 25.2 Å². The number of rotatable bonds is 8. The topological polar surface area (TPSA) is 123 Å².